The third kappa shape index (κ3) is 2.63. The van der Waals surface area contributed by atoms with Gasteiger partial charge < -0.3 is 9.55 Å². The second-order valence-corrected chi connectivity index (χ2v) is 6.94. The van der Waals surface area contributed by atoms with Gasteiger partial charge in [-0.2, -0.15) is 11.8 Å². The minimum absolute atomic E-state index is 0.538. The highest BCUT2D eigenvalue weighted by molar-refractivity contribution is 7.99. The number of thioether (sulfide) groups is 1. The van der Waals surface area contributed by atoms with Gasteiger partial charge in [0.05, 0.1) is 0 Å². The summed E-state index contributed by atoms with van der Waals surface area (Å²) in [5.74, 6) is 1.74. The molecule has 1 aliphatic rings. The normalized spacial score (nSPS) is 24.7. The molecule has 1 heterocycles. The van der Waals surface area contributed by atoms with E-state index in [1.165, 1.54) is 30.7 Å². The fraction of sp³-hybridized carbons (Fsp3) is 0.769. The van der Waals surface area contributed by atoms with E-state index in [0.29, 0.717) is 12.0 Å². The number of nitrogens with one attached hydrogen (secondary N) is 1. The van der Waals surface area contributed by atoms with E-state index in [1.54, 1.807) is 0 Å². The Labute approximate surface area is 113 Å². The Hall–Kier alpha value is -0.220. The Morgan fingerprint density at radius 2 is 2.29 bits per heavy atom. The predicted octanol–water partition coefficient (Wildman–Crippen LogP) is 4.52. The Balaban J connectivity index is 2.32. The molecule has 1 aliphatic carbocycles. The number of H-pyrrole nitrogens is 1. The van der Waals surface area contributed by atoms with E-state index in [-0.39, 0.29) is 0 Å². The summed E-state index contributed by atoms with van der Waals surface area (Å²) < 4.78 is 3.29. The van der Waals surface area contributed by atoms with Crippen LogP contribution in [0.15, 0.2) is 6.20 Å². The van der Waals surface area contributed by atoms with E-state index in [1.807, 2.05) is 0 Å². The zero-order chi connectivity index (χ0) is 12.4. The number of nitrogens with zero attached hydrogens (tertiary/aromatic N) is 1. The highest BCUT2D eigenvalue weighted by Gasteiger charge is 2.30. The molecule has 1 saturated carbocycles. The molecule has 17 heavy (non-hydrogen) atoms. The third-order valence-electron chi connectivity index (χ3n) is 3.56. The highest BCUT2D eigenvalue weighted by Crippen LogP contribution is 2.40. The molecule has 96 valence electrons. The molecule has 0 spiro atoms. The van der Waals surface area contributed by atoms with Crippen LogP contribution < -0.4 is 0 Å². The molecule has 1 aromatic heterocycles. The zero-order valence-corrected chi connectivity index (χ0v) is 12.5. The largest absolute Gasteiger partial charge is 0.337 e. The molecule has 2 nitrogen and oxygen atoms in total. The molecule has 0 saturated heterocycles. The zero-order valence-electron chi connectivity index (χ0n) is 10.9. The summed E-state index contributed by atoms with van der Waals surface area (Å²) in [6.45, 7) is 6.73. The van der Waals surface area contributed by atoms with Gasteiger partial charge in [-0.15, -0.1) is 0 Å². The van der Waals surface area contributed by atoms with Gasteiger partial charge in [0, 0.05) is 23.2 Å². The molecule has 2 unspecified atom stereocenters. The second-order valence-electron chi connectivity index (χ2n) is 5.04. The van der Waals surface area contributed by atoms with Crippen LogP contribution >= 0.6 is 24.0 Å². The van der Waals surface area contributed by atoms with Crippen molar-refractivity contribution >= 4 is 24.0 Å². The van der Waals surface area contributed by atoms with Gasteiger partial charge in [0.2, 0.25) is 0 Å². The number of rotatable bonds is 4. The standard InChI is InChI=1S/C13H22N2S2/c1-4-17-12-7-5-6-10(12)15-11(9(2)3)8-14-13(15)16/h8-10,12H,4-7H2,1-3H3,(H,14,16). The van der Waals surface area contributed by atoms with Gasteiger partial charge in [0.1, 0.15) is 0 Å². The first-order valence-corrected chi connectivity index (χ1v) is 8.02. The quantitative estimate of drug-likeness (QED) is 0.812. The fourth-order valence-corrected chi connectivity index (χ4v) is 4.33. The molecule has 2 atom stereocenters. The van der Waals surface area contributed by atoms with Gasteiger partial charge in [-0.05, 0) is 36.7 Å². The van der Waals surface area contributed by atoms with Gasteiger partial charge in [0.15, 0.2) is 4.77 Å². The van der Waals surface area contributed by atoms with Crippen LogP contribution in [0.2, 0.25) is 0 Å². The van der Waals surface area contributed by atoms with Crippen molar-refractivity contribution in [1.82, 2.24) is 9.55 Å². The molecule has 1 N–H and O–H groups in total. The Morgan fingerprint density at radius 1 is 1.53 bits per heavy atom. The maximum Gasteiger partial charge on any atom is 0.177 e. The number of aromatic nitrogens is 2. The lowest BCUT2D eigenvalue weighted by atomic mass is 10.1. The van der Waals surface area contributed by atoms with Gasteiger partial charge in [-0.1, -0.05) is 27.2 Å². The molecule has 0 amide bonds. The fourth-order valence-electron chi connectivity index (χ4n) is 2.79. The van der Waals surface area contributed by atoms with Crippen molar-refractivity contribution in [1.29, 1.82) is 0 Å². The highest BCUT2D eigenvalue weighted by atomic mass is 32.2. The van der Waals surface area contributed by atoms with Crippen molar-refractivity contribution in [2.24, 2.45) is 0 Å². The number of aromatic amines is 1. The molecule has 0 radical (unpaired) electrons. The monoisotopic (exact) mass is 270 g/mol. The van der Waals surface area contributed by atoms with Gasteiger partial charge in [0.25, 0.3) is 0 Å². The van der Waals surface area contributed by atoms with Gasteiger partial charge >= 0.3 is 0 Å². The van der Waals surface area contributed by atoms with Crippen LogP contribution in [0.4, 0.5) is 0 Å². The summed E-state index contributed by atoms with van der Waals surface area (Å²) in [6, 6.07) is 0.607. The first-order valence-electron chi connectivity index (χ1n) is 6.56. The van der Waals surface area contributed by atoms with E-state index >= 15 is 0 Å². The summed E-state index contributed by atoms with van der Waals surface area (Å²) >= 11 is 7.56. The summed E-state index contributed by atoms with van der Waals surface area (Å²) in [7, 11) is 0. The van der Waals surface area contributed by atoms with Gasteiger partial charge in [-0.25, -0.2) is 0 Å². The second kappa shape index (κ2) is 5.61. The minimum atomic E-state index is 0.538. The minimum Gasteiger partial charge on any atom is -0.337 e. The number of hydrogen-bond donors (Lipinski definition) is 1. The Bertz CT molecular complexity index is 419. The SMILES string of the molecule is CCSC1CCCC1n1c(C(C)C)c[nH]c1=S. The van der Waals surface area contributed by atoms with Crippen LogP contribution in [0.1, 0.15) is 57.7 Å². The van der Waals surface area contributed by atoms with Crippen LogP contribution in [0.25, 0.3) is 0 Å². The molecule has 0 aromatic carbocycles. The maximum absolute atomic E-state index is 5.46. The molecule has 0 bridgehead atoms. The summed E-state index contributed by atoms with van der Waals surface area (Å²) in [6.07, 6.45) is 6.06. The van der Waals surface area contributed by atoms with Crippen molar-refractivity contribution in [2.75, 3.05) is 5.75 Å². The first-order chi connectivity index (χ1) is 8.15. The van der Waals surface area contributed by atoms with E-state index in [2.05, 4.69) is 48.3 Å². The Kier molecular flexibility index (Phi) is 4.36. The van der Waals surface area contributed by atoms with Crippen LogP contribution in [0, 0.1) is 4.77 Å². The molecular formula is C13H22N2S2. The average Bonchev–Trinajstić information content (AvgIpc) is 2.85. The Morgan fingerprint density at radius 3 is 2.94 bits per heavy atom. The van der Waals surface area contributed by atoms with Crippen LogP contribution in [-0.4, -0.2) is 20.6 Å². The van der Waals surface area contributed by atoms with Crippen molar-refractivity contribution < 1.29 is 0 Å². The molecule has 1 aromatic rings. The van der Waals surface area contributed by atoms with Gasteiger partial charge in [-0.3, -0.25) is 0 Å². The van der Waals surface area contributed by atoms with Crippen molar-refractivity contribution in [3.8, 4) is 0 Å². The molecule has 2 rings (SSSR count). The third-order valence-corrected chi connectivity index (χ3v) is 5.19. The molecular weight excluding hydrogens is 248 g/mol. The van der Waals surface area contributed by atoms with Crippen LogP contribution in [0.5, 0.6) is 0 Å². The van der Waals surface area contributed by atoms with Crippen LogP contribution in [-0.2, 0) is 0 Å². The van der Waals surface area contributed by atoms with Crippen molar-refractivity contribution in [3.63, 3.8) is 0 Å². The molecule has 0 aliphatic heterocycles. The van der Waals surface area contributed by atoms with Crippen molar-refractivity contribution in [2.45, 2.75) is 57.2 Å². The molecule has 4 heteroatoms. The van der Waals surface area contributed by atoms with Crippen LogP contribution in [0.3, 0.4) is 0 Å². The lowest BCUT2D eigenvalue weighted by molar-refractivity contribution is 0.494. The lowest BCUT2D eigenvalue weighted by Crippen LogP contribution is -2.19. The number of hydrogen-bond acceptors (Lipinski definition) is 2. The predicted molar refractivity (Wildman–Crippen MR) is 78.5 cm³/mol. The molecule has 1 fully saturated rings. The topological polar surface area (TPSA) is 20.7 Å². The number of imidazole rings is 1. The maximum atomic E-state index is 5.46. The lowest BCUT2D eigenvalue weighted by Gasteiger charge is -2.23. The smallest absolute Gasteiger partial charge is 0.177 e. The summed E-state index contributed by atoms with van der Waals surface area (Å²) in [4.78, 5) is 3.23. The summed E-state index contributed by atoms with van der Waals surface area (Å²) in [5.41, 5.74) is 1.36. The summed E-state index contributed by atoms with van der Waals surface area (Å²) in [5, 5.41) is 0.750. The van der Waals surface area contributed by atoms with E-state index in [0.717, 1.165) is 10.0 Å². The first kappa shape index (κ1) is 13.2. The van der Waals surface area contributed by atoms with Crippen molar-refractivity contribution in [3.05, 3.63) is 16.7 Å². The van der Waals surface area contributed by atoms with E-state index in [4.69, 9.17) is 12.2 Å². The van der Waals surface area contributed by atoms with E-state index in [9.17, 15) is 0 Å². The van der Waals surface area contributed by atoms with E-state index < -0.39 is 0 Å². The average molecular weight is 270 g/mol.